The highest BCUT2D eigenvalue weighted by Gasteiger charge is 2.24. The molecule has 1 aliphatic heterocycles. The van der Waals surface area contributed by atoms with E-state index in [-0.39, 0.29) is 0 Å². The summed E-state index contributed by atoms with van der Waals surface area (Å²) in [6.45, 7) is 10.0. The van der Waals surface area contributed by atoms with E-state index in [2.05, 4.69) is 49.8 Å². The average molecular weight is 310 g/mol. The molecule has 0 saturated carbocycles. The van der Waals surface area contributed by atoms with Crippen molar-refractivity contribution in [3.8, 4) is 0 Å². The molecule has 1 fully saturated rings. The van der Waals surface area contributed by atoms with Crippen LogP contribution in [0.3, 0.4) is 0 Å². The predicted molar refractivity (Wildman–Crippen MR) is 91.4 cm³/mol. The zero-order valence-electron chi connectivity index (χ0n) is 13.8. The molecule has 1 saturated heterocycles. The Balaban J connectivity index is 2.14. The van der Waals surface area contributed by atoms with Crippen LogP contribution < -0.4 is 4.90 Å². The maximum absolute atomic E-state index is 6.04. The van der Waals surface area contributed by atoms with E-state index < -0.39 is 0 Å². The highest BCUT2D eigenvalue weighted by Crippen LogP contribution is 2.23. The van der Waals surface area contributed by atoms with E-state index in [0.717, 1.165) is 30.2 Å². The van der Waals surface area contributed by atoms with Crippen LogP contribution in [0.25, 0.3) is 0 Å². The van der Waals surface area contributed by atoms with Crippen LogP contribution in [-0.4, -0.2) is 42.6 Å². The van der Waals surface area contributed by atoms with Gasteiger partial charge in [-0.15, -0.1) is 11.6 Å². The maximum Gasteiger partial charge on any atom is 0.128 e. The highest BCUT2D eigenvalue weighted by atomic mass is 35.5. The summed E-state index contributed by atoms with van der Waals surface area (Å²) in [5.74, 6) is 2.03. The lowest BCUT2D eigenvalue weighted by Gasteiger charge is -2.29. The third-order valence-electron chi connectivity index (χ3n) is 4.42. The first kappa shape index (κ1) is 16.6. The van der Waals surface area contributed by atoms with Gasteiger partial charge in [-0.05, 0) is 49.5 Å². The molecule has 0 N–H and O–H groups in total. The van der Waals surface area contributed by atoms with E-state index in [1.807, 2.05) is 0 Å². The number of hydrogen-bond donors (Lipinski definition) is 0. The maximum atomic E-state index is 6.04. The second kappa shape index (κ2) is 7.46. The summed E-state index contributed by atoms with van der Waals surface area (Å²) in [7, 11) is 2.15. The minimum atomic E-state index is 0.430. The fraction of sp³-hybridized carbons (Fsp3) is 0.706. The number of likely N-dealkylation sites (tertiary alicyclic amines) is 1. The lowest BCUT2D eigenvalue weighted by Crippen LogP contribution is -2.39. The van der Waals surface area contributed by atoms with Crippen molar-refractivity contribution in [1.82, 2.24) is 9.88 Å². The first-order chi connectivity index (χ1) is 10.0. The summed E-state index contributed by atoms with van der Waals surface area (Å²) < 4.78 is 0. The molecule has 118 valence electrons. The lowest BCUT2D eigenvalue weighted by atomic mass is 10.1. The molecule has 1 aliphatic rings. The number of aromatic nitrogens is 1. The summed E-state index contributed by atoms with van der Waals surface area (Å²) in [6, 6.07) is 4.91. The fourth-order valence-electron chi connectivity index (χ4n) is 3.09. The van der Waals surface area contributed by atoms with Gasteiger partial charge < -0.3 is 4.90 Å². The van der Waals surface area contributed by atoms with Crippen molar-refractivity contribution in [2.45, 2.75) is 51.5 Å². The number of rotatable bonds is 6. The minimum Gasteiger partial charge on any atom is -0.358 e. The number of likely N-dealkylation sites (N-methyl/N-ethyl adjacent to an activating group) is 2. The van der Waals surface area contributed by atoms with Crippen molar-refractivity contribution in [3.05, 3.63) is 23.4 Å². The van der Waals surface area contributed by atoms with Crippen LogP contribution in [0.15, 0.2) is 12.1 Å². The molecule has 2 rings (SSSR count). The second-order valence-corrected chi connectivity index (χ2v) is 6.62. The molecule has 2 heterocycles. The van der Waals surface area contributed by atoms with Gasteiger partial charge in [-0.3, -0.25) is 4.90 Å². The molecule has 0 aliphatic carbocycles. The van der Waals surface area contributed by atoms with Gasteiger partial charge >= 0.3 is 0 Å². The highest BCUT2D eigenvalue weighted by molar-refractivity contribution is 6.17. The SMILES string of the molecule is CCN1CCCC1CN(C)c1cc(CCl)cc(C(C)C)n1. The third-order valence-corrected chi connectivity index (χ3v) is 4.73. The van der Waals surface area contributed by atoms with E-state index in [1.54, 1.807) is 0 Å². The predicted octanol–water partition coefficient (Wildman–Crippen LogP) is 3.86. The zero-order chi connectivity index (χ0) is 15.4. The van der Waals surface area contributed by atoms with Gasteiger partial charge in [-0.2, -0.15) is 0 Å². The number of pyridine rings is 1. The van der Waals surface area contributed by atoms with Crippen LogP contribution in [0.2, 0.25) is 0 Å². The van der Waals surface area contributed by atoms with Crippen molar-refractivity contribution >= 4 is 17.4 Å². The quantitative estimate of drug-likeness (QED) is 0.744. The Hall–Kier alpha value is -0.800. The van der Waals surface area contributed by atoms with Crippen molar-refractivity contribution in [2.24, 2.45) is 0 Å². The van der Waals surface area contributed by atoms with Crippen LogP contribution in [0, 0.1) is 0 Å². The van der Waals surface area contributed by atoms with Crippen molar-refractivity contribution in [2.75, 3.05) is 31.6 Å². The molecule has 0 radical (unpaired) electrons. The first-order valence-electron chi connectivity index (χ1n) is 8.07. The zero-order valence-corrected chi connectivity index (χ0v) is 14.5. The van der Waals surface area contributed by atoms with Gasteiger partial charge in [0.1, 0.15) is 5.82 Å². The molecule has 3 nitrogen and oxygen atoms in total. The van der Waals surface area contributed by atoms with Gasteiger partial charge in [-0.1, -0.05) is 20.8 Å². The van der Waals surface area contributed by atoms with Gasteiger partial charge in [0.2, 0.25) is 0 Å². The number of hydrogen-bond acceptors (Lipinski definition) is 3. The fourth-order valence-corrected chi connectivity index (χ4v) is 3.24. The van der Waals surface area contributed by atoms with Gasteiger partial charge in [0.25, 0.3) is 0 Å². The van der Waals surface area contributed by atoms with E-state index in [0.29, 0.717) is 17.8 Å². The van der Waals surface area contributed by atoms with Crippen molar-refractivity contribution in [1.29, 1.82) is 0 Å². The summed E-state index contributed by atoms with van der Waals surface area (Å²) in [5.41, 5.74) is 2.30. The minimum absolute atomic E-state index is 0.430. The van der Waals surface area contributed by atoms with E-state index in [1.165, 1.54) is 19.4 Å². The van der Waals surface area contributed by atoms with Crippen LogP contribution in [0.4, 0.5) is 5.82 Å². The van der Waals surface area contributed by atoms with Gasteiger partial charge in [-0.25, -0.2) is 4.98 Å². The summed E-state index contributed by atoms with van der Waals surface area (Å²) >= 11 is 6.04. The number of nitrogens with zero attached hydrogens (tertiary/aromatic N) is 3. The Labute approximate surface area is 134 Å². The third kappa shape index (κ3) is 4.10. The molecule has 1 aromatic rings. The Morgan fingerprint density at radius 3 is 2.81 bits per heavy atom. The van der Waals surface area contributed by atoms with E-state index >= 15 is 0 Å². The molecule has 0 bridgehead atoms. The summed E-state index contributed by atoms with van der Waals surface area (Å²) in [6.07, 6.45) is 2.61. The first-order valence-corrected chi connectivity index (χ1v) is 8.60. The molecule has 1 aromatic heterocycles. The summed E-state index contributed by atoms with van der Waals surface area (Å²) in [5, 5.41) is 0. The topological polar surface area (TPSA) is 19.4 Å². The van der Waals surface area contributed by atoms with Gasteiger partial charge in [0.15, 0.2) is 0 Å². The monoisotopic (exact) mass is 309 g/mol. The van der Waals surface area contributed by atoms with Crippen LogP contribution in [-0.2, 0) is 5.88 Å². The number of anilines is 1. The number of halogens is 1. The molecule has 0 spiro atoms. The Bertz CT molecular complexity index is 461. The molecular weight excluding hydrogens is 282 g/mol. The lowest BCUT2D eigenvalue weighted by molar-refractivity contribution is 0.270. The molecule has 0 aromatic carbocycles. The largest absolute Gasteiger partial charge is 0.358 e. The number of alkyl halides is 1. The smallest absolute Gasteiger partial charge is 0.128 e. The normalized spacial score (nSPS) is 19.4. The van der Waals surface area contributed by atoms with E-state index in [4.69, 9.17) is 16.6 Å². The van der Waals surface area contributed by atoms with Gasteiger partial charge in [0.05, 0.1) is 0 Å². The Morgan fingerprint density at radius 1 is 1.43 bits per heavy atom. The molecule has 4 heteroatoms. The van der Waals surface area contributed by atoms with Crippen LogP contribution >= 0.6 is 11.6 Å². The van der Waals surface area contributed by atoms with Crippen LogP contribution in [0.5, 0.6) is 0 Å². The van der Waals surface area contributed by atoms with Crippen LogP contribution in [0.1, 0.15) is 50.8 Å². The average Bonchev–Trinajstić information content (AvgIpc) is 2.93. The second-order valence-electron chi connectivity index (χ2n) is 6.35. The molecular formula is C17H28ClN3. The van der Waals surface area contributed by atoms with Crippen molar-refractivity contribution in [3.63, 3.8) is 0 Å². The molecule has 1 unspecified atom stereocenters. The van der Waals surface area contributed by atoms with E-state index in [9.17, 15) is 0 Å². The van der Waals surface area contributed by atoms with Crippen molar-refractivity contribution < 1.29 is 0 Å². The molecule has 1 atom stereocenters. The van der Waals surface area contributed by atoms with Gasteiger partial charge in [0, 0.05) is 31.2 Å². The molecule has 21 heavy (non-hydrogen) atoms. The Morgan fingerprint density at radius 2 is 2.19 bits per heavy atom. The molecule has 0 amide bonds. The standard InChI is InChI=1S/C17H28ClN3/c1-5-21-8-6-7-15(21)12-20(4)17-10-14(11-18)9-16(19-17)13(2)3/h9-10,13,15H,5-8,11-12H2,1-4H3. The Kier molecular flexibility index (Phi) is 5.88. The summed E-state index contributed by atoms with van der Waals surface area (Å²) in [4.78, 5) is 9.69.